The van der Waals surface area contributed by atoms with Gasteiger partial charge in [-0.05, 0) is 37.5 Å². The predicted molar refractivity (Wildman–Crippen MR) is 418 cm³/mol. The fourth-order valence-electron chi connectivity index (χ4n) is 12.9. The Morgan fingerprint density at radius 1 is 0.265 bits per heavy atom. The summed E-state index contributed by atoms with van der Waals surface area (Å²) in [5.74, 6) is -0.533. The average Bonchev–Trinajstić information content (AvgIpc) is 0.926. The van der Waals surface area contributed by atoms with Gasteiger partial charge in [-0.15, -0.1) is 0 Å². The van der Waals surface area contributed by atoms with Crippen LogP contribution in [0.3, 0.4) is 0 Å². The quantitative estimate of drug-likeness (QED) is 0.0222. The molecule has 102 heavy (non-hydrogen) atoms. The molecule has 0 saturated heterocycles. The summed E-state index contributed by atoms with van der Waals surface area (Å²) < 4.78 is 68.8. The lowest BCUT2D eigenvalue weighted by atomic mass is 10.0. The van der Waals surface area contributed by atoms with Crippen LogP contribution in [0.5, 0.6) is 0 Å². The van der Waals surface area contributed by atoms with Crippen molar-refractivity contribution in [2.75, 3.05) is 39.6 Å². The molecule has 0 heterocycles. The van der Waals surface area contributed by atoms with Crippen molar-refractivity contribution in [1.82, 2.24) is 0 Å². The molecule has 19 heteroatoms. The first kappa shape index (κ1) is 100. The Morgan fingerprint density at radius 3 is 0.667 bits per heavy atom. The maximum atomic E-state index is 13.1. The van der Waals surface area contributed by atoms with Gasteiger partial charge in [-0.1, -0.05) is 388 Å². The third kappa shape index (κ3) is 76.3. The zero-order valence-electron chi connectivity index (χ0n) is 66.9. The van der Waals surface area contributed by atoms with Gasteiger partial charge in [-0.25, -0.2) is 9.13 Å². The highest BCUT2D eigenvalue weighted by Crippen LogP contribution is 2.45. The zero-order chi connectivity index (χ0) is 74.9. The van der Waals surface area contributed by atoms with Crippen molar-refractivity contribution < 1.29 is 80.2 Å². The van der Waals surface area contributed by atoms with Crippen molar-refractivity contribution in [3.8, 4) is 0 Å². The fraction of sp³-hybridized carbons (Fsp3) is 0.952. The Bertz CT molecular complexity index is 1960. The van der Waals surface area contributed by atoms with Gasteiger partial charge in [0.2, 0.25) is 0 Å². The number of aliphatic hydroxyl groups excluding tert-OH is 1. The van der Waals surface area contributed by atoms with Gasteiger partial charge in [0.1, 0.15) is 19.3 Å². The minimum atomic E-state index is -4.96. The smallest absolute Gasteiger partial charge is 0.462 e. The van der Waals surface area contributed by atoms with Crippen LogP contribution in [0.4, 0.5) is 0 Å². The largest absolute Gasteiger partial charge is 0.472 e. The van der Waals surface area contributed by atoms with Crippen LogP contribution >= 0.6 is 15.6 Å². The molecule has 0 rings (SSSR count). The van der Waals surface area contributed by atoms with Crippen molar-refractivity contribution in [1.29, 1.82) is 0 Å². The highest BCUT2D eigenvalue weighted by molar-refractivity contribution is 7.47. The van der Waals surface area contributed by atoms with E-state index in [-0.39, 0.29) is 25.7 Å². The summed E-state index contributed by atoms with van der Waals surface area (Å²) in [5.41, 5.74) is 0. The lowest BCUT2D eigenvalue weighted by Gasteiger charge is -2.21. The summed E-state index contributed by atoms with van der Waals surface area (Å²) in [6, 6.07) is 0. The second-order valence-electron chi connectivity index (χ2n) is 30.8. The number of carbonyl (C=O) groups excluding carboxylic acids is 4. The number of hydrogen-bond donors (Lipinski definition) is 3. The summed E-state index contributed by atoms with van der Waals surface area (Å²) in [6.45, 7) is 9.68. The number of hydrogen-bond acceptors (Lipinski definition) is 15. The molecule has 0 aliphatic carbocycles. The molecule has 0 aliphatic heterocycles. The second-order valence-corrected chi connectivity index (χ2v) is 33.7. The first-order chi connectivity index (χ1) is 49.4. The van der Waals surface area contributed by atoms with Gasteiger partial charge >= 0.3 is 39.5 Å². The summed E-state index contributed by atoms with van der Waals surface area (Å²) in [6.07, 6.45) is 65.2. The minimum Gasteiger partial charge on any atom is -0.462 e. The number of aliphatic hydroxyl groups is 1. The van der Waals surface area contributed by atoms with Crippen molar-refractivity contribution in [3.05, 3.63) is 0 Å². The lowest BCUT2D eigenvalue weighted by Crippen LogP contribution is -2.30. The number of ether oxygens (including phenoxy) is 4. The van der Waals surface area contributed by atoms with Crippen LogP contribution in [0.1, 0.15) is 440 Å². The Hall–Kier alpha value is -1.94. The Labute approximate surface area is 626 Å². The third-order valence-corrected chi connectivity index (χ3v) is 21.4. The highest BCUT2D eigenvalue weighted by atomic mass is 31.2. The van der Waals surface area contributed by atoms with Crippen molar-refractivity contribution >= 4 is 39.5 Å². The SMILES string of the molecule is CCCCCCCCCCCCCCCCCCCCCC(=O)O[C@H](COC(=O)CCCCCCCCCCCCCCCCCC(C)C)COP(=O)(O)OC[C@@H](O)COP(=O)(O)OC[C@@H](COC(=O)CCCCCCCCCCCCC)OC(=O)CCCCCCCCCCCCCC(C)C. The van der Waals surface area contributed by atoms with Crippen LogP contribution in [0.15, 0.2) is 0 Å². The molecule has 0 aliphatic rings. The topological polar surface area (TPSA) is 237 Å². The molecular weight excluding hydrogens is 1330 g/mol. The van der Waals surface area contributed by atoms with E-state index in [0.717, 1.165) is 102 Å². The summed E-state index contributed by atoms with van der Waals surface area (Å²) >= 11 is 0. The Morgan fingerprint density at radius 2 is 0.451 bits per heavy atom. The summed E-state index contributed by atoms with van der Waals surface area (Å²) in [5, 5.41) is 10.7. The number of rotatable bonds is 82. The van der Waals surface area contributed by atoms with E-state index in [1.54, 1.807) is 0 Å². The first-order valence-electron chi connectivity index (χ1n) is 43.0. The molecule has 3 N–H and O–H groups in total. The molecule has 0 saturated carbocycles. The van der Waals surface area contributed by atoms with Crippen LogP contribution < -0.4 is 0 Å². The molecule has 0 aromatic heterocycles. The third-order valence-electron chi connectivity index (χ3n) is 19.5. The van der Waals surface area contributed by atoms with Gasteiger partial charge < -0.3 is 33.8 Å². The predicted octanol–water partition coefficient (Wildman–Crippen LogP) is 25.1. The zero-order valence-corrected chi connectivity index (χ0v) is 68.7. The molecule has 0 aromatic rings. The molecule has 5 atom stereocenters. The van der Waals surface area contributed by atoms with Crippen molar-refractivity contribution in [3.63, 3.8) is 0 Å². The van der Waals surface area contributed by atoms with Gasteiger partial charge in [0.25, 0.3) is 0 Å². The van der Waals surface area contributed by atoms with Crippen molar-refractivity contribution in [2.24, 2.45) is 11.8 Å². The van der Waals surface area contributed by atoms with E-state index >= 15 is 0 Å². The molecule has 0 radical (unpaired) electrons. The van der Waals surface area contributed by atoms with E-state index < -0.39 is 97.5 Å². The number of phosphoric ester groups is 2. The normalized spacial score (nSPS) is 13.9. The molecule has 0 amide bonds. The molecule has 0 aromatic carbocycles. The van der Waals surface area contributed by atoms with E-state index in [9.17, 15) is 43.2 Å². The molecular formula is C83H162O17P2. The van der Waals surface area contributed by atoms with E-state index in [0.29, 0.717) is 25.7 Å². The lowest BCUT2D eigenvalue weighted by molar-refractivity contribution is -0.161. The number of esters is 4. The van der Waals surface area contributed by atoms with Gasteiger partial charge in [-0.2, -0.15) is 0 Å². The van der Waals surface area contributed by atoms with Crippen LogP contribution in [0.2, 0.25) is 0 Å². The molecule has 0 fully saturated rings. The molecule has 606 valence electrons. The van der Waals surface area contributed by atoms with Gasteiger partial charge in [0, 0.05) is 25.7 Å². The van der Waals surface area contributed by atoms with E-state index in [2.05, 4.69) is 41.5 Å². The van der Waals surface area contributed by atoms with Crippen LogP contribution in [-0.4, -0.2) is 96.7 Å². The van der Waals surface area contributed by atoms with Crippen LogP contribution in [-0.2, 0) is 65.4 Å². The minimum absolute atomic E-state index is 0.107. The van der Waals surface area contributed by atoms with Gasteiger partial charge in [0.15, 0.2) is 12.2 Å². The van der Waals surface area contributed by atoms with Crippen molar-refractivity contribution in [2.45, 2.75) is 458 Å². The van der Waals surface area contributed by atoms with Crippen LogP contribution in [0.25, 0.3) is 0 Å². The summed E-state index contributed by atoms with van der Waals surface area (Å²) in [7, 11) is -9.92. The number of phosphoric acid groups is 2. The first-order valence-corrected chi connectivity index (χ1v) is 46.0. The number of unbranched alkanes of at least 4 members (excludes halogenated alkanes) is 52. The van der Waals surface area contributed by atoms with E-state index in [4.69, 9.17) is 37.0 Å². The van der Waals surface area contributed by atoms with Crippen LogP contribution in [0, 0.1) is 11.8 Å². The molecule has 2 unspecified atom stereocenters. The average molecular weight is 1490 g/mol. The molecule has 0 bridgehead atoms. The Balaban J connectivity index is 5.24. The number of carbonyl (C=O) groups is 4. The summed E-state index contributed by atoms with van der Waals surface area (Å²) in [4.78, 5) is 73.1. The standard InChI is InChI=1S/C83H162O17P2/c1-7-9-11-13-15-17-19-20-21-22-23-24-27-31-37-43-49-55-61-67-82(87)99-79(72-94-81(86)66-60-54-48-42-36-30-28-25-26-29-34-39-45-51-57-63-75(3)4)74-98-102(91,92)96-70-77(84)69-95-101(89,90)97-73-78(71-93-80(85)65-59-53-47-41-33-18-16-14-12-10-8-2)100-83(88)68-62-56-50-44-38-32-35-40-46-52-58-64-76(5)6/h75-79,84H,7-74H2,1-6H3,(H,89,90)(H,91,92)/t77-,78+,79+/m0/s1. The maximum absolute atomic E-state index is 13.1. The van der Waals surface area contributed by atoms with E-state index in [1.807, 2.05) is 0 Å². The van der Waals surface area contributed by atoms with E-state index in [1.165, 1.54) is 257 Å². The molecule has 17 nitrogen and oxygen atoms in total. The molecule has 0 spiro atoms. The second kappa shape index (κ2) is 74.5. The van der Waals surface area contributed by atoms with Gasteiger partial charge in [0.05, 0.1) is 26.4 Å². The monoisotopic (exact) mass is 1490 g/mol. The highest BCUT2D eigenvalue weighted by Gasteiger charge is 2.30. The fourth-order valence-corrected chi connectivity index (χ4v) is 14.5. The van der Waals surface area contributed by atoms with Gasteiger partial charge in [-0.3, -0.25) is 37.3 Å². The Kier molecular flexibility index (Phi) is 73.1. The maximum Gasteiger partial charge on any atom is 0.472 e.